The molecule has 0 saturated carbocycles. The van der Waals surface area contributed by atoms with Gasteiger partial charge in [0.2, 0.25) is 0 Å². The number of aryl methyl sites for hydroxylation is 2. The number of aromatic nitrogens is 2. The number of carbonyl (C=O) groups excluding carboxylic acids is 1. The smallest absolute Gasteiger partial charge is 0.271 e. The Bertz CT molecular complexity index is 628. The van der Waals surface area contributed by atoms with Gasteiger partial charge >= 0.3 is 0 Å². The molecule has 1 aliphatic carbocycles. The number of hydrogen-bond acceptors (Lipinski definition) is 4. The van der Waals surface area contributed by atoms with E-state index < -0.39 is 0 Å². The Balaban J connectivity index is 1.70. The van der Waals surface area contributed by atoms with E-state index in [0.29, 0.717) is 5.69 Å². The number of carbonyl (C=O) groups is 1. The molecule has 6 heteroatoms. The molecule has 0 aromatic carbocycles. The minimum Gasteiger partial charge on any atom is -0.342 e. The quantitative estimate of drug-likeness (QED) is 0.636. The summed E-state index contributed by atoms with van der Waals surface area (Å²) in [6.45, 7) is 0. The van der Waals surface area contributed by atoms with Crippen LogP contribution in [0.1, 0.15) is 39.2 Å². The lowest BCUT2D eigenvalue weighted by Crippen LogP contribution is -2.27. The first kappa shape index (κ1) is 13.9. The first-order valence-electron chi connectivity index (χ1n) is 6.53. The number of halogens is 1. The van der Waals surface area contributed by atoms with Gasteiger partial charge < -0.3 is 5.32 Å². The number of hydrogen-bond donors (Lipinski definition) is 1. The summed E-state index contributed by atoms with van der Waals surface area (Å²) in [5.74, 6) is -0.0931. The second-order valence-corrected chi connectivity index (χ2v) is 6.70. The number of rotatable bonds is 4. The molecule has 0 saturated heterocycles. The van der Waals surface area contributed by atoms with Crippen LogP contribution < -0.4 is 5.32 Å². The molecule has 1 N–H and O–H groups in total. The van der Waals surface area contributed by atoms with E-state index in [4.69, 9.17) is 0 Å². The Labute approximate surface area is 135 Å². The van der Waals surface area contributed by atoms with Crippen LogP contribution in [0.2, 0.25) is 0 Å². The van der Waals surface area contributed by atoms with Crippen molar-refractivity contribution in [3.63, 3.8) is 0 Å². The van der Waals surface area contributed by atoms with Crippen molar-refractivity contribution in [3.8, 4) is 0 Å². The molecule has 0 radical (unpaired) electrons. The Morgan fingerprint density at radius 3 is 3.30 bits per heavy atom. The van der Waals surface area contributed by atoms with Crippen molar-refractivity contribution in [3.05, 3.63) is 45.7 Å². The zero-order valence-electron chi connectivity index (χ0n) is 10.8. The van der Waals surface area contributed by atoms with Gasteiger partial charge in [0, 0.05) is 22.4 Å². The number of fused-ring (bicyclic) bond motifs is 1. The summed E-state index contributed by atoms with van der Waals surface area (Å²) in [5, 5.41) is 5.91. The van der Waals surface area contributed by atoms with Gasteiger partial charge in [0.15, 0.2) is 0 Å². The molecule has 1 unspecified atom stereocenters. The molecule has 0 aliphatic heterocycles. The number of thiazole rings is 1. The third-order valence-corrected chi connectivity index (χ3v) is 4.80. The molecule has 2 aromatic heterocycles. The Morgan fingerprint density at radius 2 is 2.45 bits per heavy atom. The highest BCUT2D eigenvalue weighted by Crippen LogP contribution is 2.29. The van der Waals surface area contributed by atoms with Crippen molar-refractivity contribution in [1.29, 1.82) is 0 Å². The maximum absolute atomic E-state index is 12.2. The van der Waals surface area contributed by atoms with E-state index >= 15 is 0 Å². The predicted molar refractivity (Wildman–Crippen MR) is 87.5 cm³/mol. The van der Waals surface area contributed by atoms with Gasteiger partial charge in [-0.2, -0.15) is 0 Å². The lowest BCUT2D eigenvalue weighted by Gasteiger charge is -2.11. The Morgan fingerprint density at radius 1 is 1.55 bits per heavy atom. The maximum Gasteiger partial charge on any atom is 0.271 e. The van der Waals surface area contributed by atoms with E-state index in [9.17, 15) is 4.79 Å². The fourth-order valence-corrected chi connectivity index (χ4v) is 4.05. The average molecular weight is 399 g/mol. The van der Waals surface area contributed by atoms with Crippen LogP contribution in [0.25, 0.3) is 0 Å². The zero-order valence-corrected chi connectivity index (χ0v) is 13.8. The molecule has 104 valence electrons. The average Bonchev–Trinajstić information content (AvgIpc) is 3.07. The van der Waals surface area contributed by atoms with E-state index in [1.807, 2.05) is 11.4 Å². The normalized spacial score (nSPS) is 16.9. The summed E-state index contributed by atoms with van der Waals surface area (Å²) in [5.41, 5.74) is 2.77. The van der Waals surface area contributed by atoms with Crippen molar-refractivity contribution in [1.82, 2.24) is 15.3 Å². The first-order valence-corrected chi connectivity index (χ1v) is 8.93. The van der Waals surface area contributed by atoms with Crippen molar-refractivity contribution < 1.29 is 4.79 Å². The highest BCUT2D eigenvalue weighted by molar-refractivity contribution is 14.1. The van der Waals surface area contributed by atoms with Gasteiger partial charge in [-0.25, -0.2) is 4.98 Å². The van der Waals surface area contributed by atoms with Crippen LogP contribution in [0.5, 0.6) is 0 Å². The number of nitrogens with zero attached hydrogens (tertiary/aromatic N) is 2. The zero-order chi connectivity index (χ0) is 13.9. The van der Waals surface area contributed by atoms with Crippen molar-refractivity contribution in [2.75, 3.05) is 4.43 Å². The topological polar surface area (TPSA) is 54.9 Å². The summed E-state index contributed by atoms with van der Waals surface area (Å²) in [6, 6.07) is 4.05. The largest absolute Gasteiger partial charge is 0.342 e. The van der Waals surface area contributed by atoms with Gasteiger partial charge in [-0.1, -0.05) is 28.7 Å². The van der Waals surface area contributed by atoms with Crippen LogP contribution in [-0.2, 0) is 12.8 Å². The van der Waals surface area contributed by atoms with Crippen molar-refractivity contribution in [2.24, 2.45) is 0 Å². The highest BCUT2D eigenvalue weighted by atomic mass is 127. The predicted octanol–water partition coefficient (Wildman–Crippen LogP) is 2.93. The van der Waals surface area contributed by atoms with Crippen LogP contribution in [-0.4, -0.2) is 20.3 Å². The molecule has 0 spiro atoms. The summed E-state index contributed by atoms with van der Waals surface area (Å²) in [4.78, 5) is 21.0. The summed E-state index contributed by atoms with van der Waals surface area (Å²) in [6.07, 6.45) is 4.60. The maximum atomic E-state index is 12.2. The second kappa shape index (κ2) is 6.17. The minimum atomic E-state index is -0.0931. The monoisotopic (exact) mass is 399 g/mol. The van der Waals surface area contributed by atoms with E-state index in [2.05, 4.69) is 43.9 Å². The molecule has 2 heterocycles. The summed E-state index contributed by atoms with van der Waals surface area (Å²) < 4.78 is 1.02. The minimum absolute atomic E-state index is 0.0217. The molecule has 0 bridgehead atoms. The summed E-state index contributed by atoms with van der Waals surface area (Å²) >= 11 is 3.87. The van der Waals surface area contributed by atoms with Gasteiger partial charge in [0.25, 0.3) is 5.91 Å². The number of alkyl halides is 1. The molecule has 1 aliphatic rings. The third-order valence-electron chi connectivity index (χ3n) is 3.36. The first-order chi connectivity index (χ1) is 9.78. The lowest BCUT2D eigenvalue weighted by molar-refractivity contribution is 0.0931. The molecule has 1 amide bonds. The molecule has 3 rings (SSSR count). The van der Waals surface area contributed by atoms with Crippen molar-refractivity contribution >= 4 is 39.8 Å². The van der Waals surface area contributed by atoms with Gasteiger partial charge in [0.1, 0.15) is 5.69 Å². The third kappa shape index (κ3) is 2.85. The molecule has 20 heavy (non-hydrogen) atoms. The number of pyridine rings is 1. The fraction of sp³-hybridized carbons (Fsp3) is 0.357. The van der Waals surface area contributed by atoms with Crippen LogP contribution in [0.3, 0.4) is 0 Å². The van der Waals surface area contributed by atoms with E-state index in [-0.39, 0.29) is 11.9 Å². The SMILES string of the molecule is O=C(NC1CCc2cccnc21)c1csc(CCI)n1. The second-order valence-electron chi connectivity index (χ2n) is 4.68. The van der Waals surface area contributed by atoms with Gasteiger partial charge in [0.05, 0.1) is 16.7 Å². The molecule has 2 aromatic rings. The molecular formula is C14H14IN3OS. The molecular weight excluding hydrogens is 385 g/mol. The van der Waals surface area contributed by atoms with Gasteiger partial charge in [-0.15, -0.1) is 11.3 Å². The van der Waals surface area contributed by atoms with Gasteiger partial charge in [-0.05, 0) is 24.5 Å². The Kier molecular flexibility index (Phi) is 4.30. The van der Waals surface area contributed by atoms with Crippen LogP contribution in [0, 0.1) is 0 Å². The van der Waals surface area contributed by atoms with E-state index in [1.54, 1.807) is 17.5 Å². The van der Waals surface area contributed by atoms with E-state index in [1.165, 1.54) is 5.56 Å². The standard InChI is InChI=1S/C14H14IN3OS/c15-6-5-12-17-11(8-20-12)14(19)18-10-4-3-9-2-1-7-16-13(9)10/h1-2,7-8,10H,3-6H2,(H,18,19). The van der Waals surface area contributed by atoms with Crippen LogP contribution in [0.4, 0.5) is 0 Å². The number of amides is 1. The van der Waals surface area contributed by atoms with E-state index in [0.717, 1.165) is 34.4 Å². The number of nitrogens with one attached hydrogen (secondary N) is 1. The van der Waals surface area contributed by atoms with Gasteiger partial charge in [-0.3, -0.25) is 9.78 Å². The Hall–Kier alpha value is -1.02. The highest BCUT2D eigenvalue weighted by Gasteiger charge is 2.25. The molecule has 0 fully saturated rings. The molecule has 4 nitrogen and oxygen atoms in total. The van der Waals surface area contributed by atoms with Crippen LogP contribution >= 0.6 is 33.9 Å². The lowest BCUT2D eigenvalue weighted by atomic mass is 10.2. The fourth-order valence-electron chi connectivity index (χ4n) is 2.40. The molecule has 1 atom stereocenters. The van der Waals surface area contributed by atoms with Crippen molar-refractivity contribution in [2.45, 2.75) is 25.3 Å². The van der Waals surface area contributed by atoms with Crippen LogP contribution in [0.15, 0.2) is 23.7 Å². The summed E-state index contributed by atoms with van der Waals surface area (Å²) in [7, 11) is 0.